The fourth-order valence-corrected chi connectivity index (χ4v) is 3.51. The van der Waals surface area contributed by atoms with Crippen molar-refractivity contribution >= 4 is 46.4 Å². The van der Waals surface area contributed by atoms with Gasteiger partial charge in [0.2, 0.25) is 0 Å². The van der Waals surface area contributed by atoms with Gasteiger partial charge in [-0.2, -0.15) is 0 Å². The van der Waals surface area contributed by atoms with Crippen LogP contribution < -0.4 is 5.32 Å². The van der Waals surface area contributed by atoms with E-state index in [1.165, 1.54) is 29.2 Å². The van der Waals surface area contributed by atoms with E-state index >= 15 is 0 Å². The third-order valence-electron chi connectivity index (χ3n) is 4.67. The maximum Gasteiger partial charge on any atom is 0.270 e. The van der Waals surface area contributed by atoms with Gasteiger partial charge in [-0.3, -0.25) is 34.3 Å². The number of carbonyl (C=O) groups is 2. The van der Waals surface area contributed by atoms with Crippen molar-refractivity contribution in [2.24, 2.45) is 0 Å². The molecule has 0 unspecified atom stereocenters. The molecule has 1 aromatic carbocycles. The van der Waals surface area contributed by atoms with Crippen LogP contribution in [0, 0.1) is 10.1 Å². The number of benzene rings is 1. The molecule has 1 aliphatic heterocycles. The van der Waals surface area contributed by atoms with Gasteiger partial charge in [0.1, 0.15) is 11.4 Å². The van der Waals surface area contributed by atoms with Crippen molar-refractivity contribution < 1.29 is 14.5 Å². The minimum atomic E-state index is -0.621. The molecule has 0 spiro atoms. The summed E-state index contributed by atoms with van der Waals surface area (Å²) in [5.41, 5.74) is 1.33. The van der Waals surface area contributed by atoms with E-state index in [1.54, 1.807) is 40.9 Å². The Labute approximate surface area is 181 Å². The van der Waals surface area contributed by atoms with E-state index in [0.717, 1.165) is 0 Å². The van der Waals surface area contributed by atoms with Crippen LogP contribution in [0.4, 0.5) is 5.69 Å². The summed E-state index contributed by atoms with van der Waals surface area (Å²) in [5.74, 6) is -0.736. The number of non-ortho nitro benzene ring substituents is 1. The van der Waals surface area contributed by atoms with Gasteiger partial charge in [-0.15, -0.1) is 6.58 Å². The average Bonchev–Trinajstić information content (AvgIpc) is 3.13. The Morgan fingerprint density at radius 1 is 1.23 bits per heavy atom. The van der Waals surface area contributed by atoms with Crippen molar-refractivity contribution in [1.29, 1.82) is 0 Å². The van der Waals surface area contributed by atoms with Gasteiger partial charge in [-0.05, 0) is 30.4 Å². The summed E-state index contributed by atoms with van der Waals surface area (Å²) in [7, 11) is 0. The zero-order valence-corrected chi connectivity index (χ0v) is 16.8. The summed E-state index contributed by atoms with van der Waals surface area (Å²) in [5, 5.41) is 13.7. The number of nitrogens with one attached hydrogen (secondary N) is 1. The topological polar surface area (TPSA) is 110 Å². The summed E-state index contributed by atoms with van der Waals surface area (Å²) < 4.78 is 1.74. The van der Waals surface area contributed by atoms with Crippen molar-refractivity contribution in [3.8, 4) is 11.4 Å². The van der Waals surface area contributed by atoms with E-state index in [9.17, 15) is 19.7 Å². The summed E-state index contributed by atoms with van der Waals surface area (Å²) in [6.45, 7) is 3.75. The lowest BCUT2D eigenvalue weighted by Gasteiger charge is -2.27. The second-order valence-corrected chi connectivity index (χ2v) is 6.99. The van der Waals surface area contributed by atoms with E-state index in [1.807, 2.05) is 0 Å². The smallest absolute Gasteiger partial charge is 0.270 e. The zero-order valence-electron chi connectivity index (χ0n) is 16.0. The zero-order chi connectivity index (χ0) is 22.1. The van der Waals surface area contributed by atoms with E-state index in [4.69, 9.17) is 12.2 Å². The fourth-order valence-electron chi connectivity index (χ4n) is 3.26. The van der Waals surface area contributed by atoms with Crippen LogP contribution >= 0.6 is 12.2 Å². The Morgan fingerprint density at radius 3 is 2.77 bits per heavy atom. The predicted octanol–water partition coefficient (Wildman–Crippen LogP) is 2.72. The highest BCUT2D eigenvalue weighted by molar-refractivity contribution is 7.80. The minimum Gasteiger partial charge on any atom is -0.299 e. The number of imidazole rings is 1. The second kappa shape index (κ2) is 7.92. The number of thiocarbonyl (C=S) groups is 1. The molecule has 0 atom stereocenters. The van der Waals surface area contributed by atoms with Crippen LogP contribution in [0.3, 0.4) is 0 Å². The van der Waals surface area contributed by atoms with Crippen molar-refractivity contribution in [2.75, 3.05) is 6.54 Å². The number of nitrogens with zero attached hydrogens (tertiary/aromatic N) is 4. The second-order valence-electron chi connectivity index (χ2n) is 6.61. The lowest BCUT2D eigenvalue weighted by molar-refractivity contribution is -0.384. The molecule has 4 rings (SSSR count). The molecule has 0 bridgehead atoms. The molecule has 3 heterocycles. The molecule has 0 saturated carbocycles. The van der Waals surface area contributed by atoms with Crippen molar-refractivity contribution in [3.05, 3.63) is 82.7 Å². The van der Waals surface area contributed by atoms with Crippen LogP contribution in [0.5, 0.6) is 0 Å². The van der Waals surface area contributed by atoms with E-state index in [-0.39, 0.29) is 22.9 Å². The van der Waals surface area contributed by atoms with Gasteiger partial charge in [-0.1, -0.05) is 24.3 Å². The molecule has 1 aliphatic rings. The summed E-state index contributed by atoms with van der Waals surface area (Å²) in [6, 6.07) is 11.4. The minimum absolute atomic E-state index is 0.0130. The van der Waals surface area contributed by atoms with Gasteiger partial charge in [0.25, 0.3) is 17.5 Å². The third-order valence-corrected chi connectivity index (χ3v) is 4.99. The lowest BCUT2D eigenvalue weighted by Crippen LogP contribution is -2.53. The van der Waals surface area contributed by atoms with Crippen LogP contribution in [0.2, 0.25) is 0 Å². The molecule has 154 valence electrons. The highest BCUT2D eigenvalue weighted by Gasteiger charge is 2.33. The molecule has 0 radical (unpaired) electrons. The van der Waals surface area contributed by atoms with Crippen LogP contribution in [0.15, 0.2) is 66.9 Å². The number of hydrogen-bond donors (Lipinski definition) is 1. The molecule has 1 fully saturated rings. The van der Waals surface area contributed by atoms with Crippen LogP contribution in [0.25, 0.3) is 23.0 Å². The third kappa shape index (κ3) is 3.60. The molecule has 2 amide bonds. The number of rotatable bonds is 5. The van der Waals surface area contributed by atoms with E-state index in [2.05, 4.69) is 16.9 Å². The largest absolute Gasteiger partial charge is 0.299 e. The van der Waals surface area contributed by atoms with Crippen molar-refractivity contribution in [1.82, 2.24) is 19.6 Å². The number of pyridine rings is 1. The van der Waals surface area contributed by atoms with Gasteiger partial charge < -0.3 is 0 Å². The van der Waals surface area contributed by atoms with Crippen molar-refractivity contribution in [3.63, 3.8) is 0 Å². The van der Waals surface area contributed by atoms with Gasteiger partial charge in [0, 0.05) is 30.4 Å². The SMILES string of the molecule is C=CCN1C(=O)/C(=C/c2nc(-c3cccc([N+](=O)[O-])c3)n3ccccc23)C(=O)NC1=S. The van der Waals surface area contributed by atoms with Crippen LogP contribution in [-0.4, -0.2) is 42.7 Å². The Morgan fingerprint density at radius 2 is 2.03 bits per heavy atom. The van der Waals surface area contributed by atoms with Crippen LogP contribution in [0.1, 0.15) is 5.69 Å². The molecule has 2 aromatic heterocycles. The number of nitro groups is 1. The number of hydrogen-bond acceptors (Lipinski definition) is 6. The first-order valence-corrected chi connectivity index (χ1v) is 9.53. The monoisotopic (exact) mass is 433 g/mol. The molecule has 1 saturated heterocycles. The van der Waals surface area contributed by atoms with Gasteiger partial charge in [-0.25, -0.2) is 4.98 Å². The lowest BCUT2D eigenvalue weighted by atomic mass is 10.1. The van der Waals surface area contributed by atoms with Gasteiger partial charge >= 0.3 is 0 Å². The Hall–Kier alpha value is -4.18. The average molecular weight is 433 g/mol. The number of nitro benzene ring substituents is 1. The number of amides is 2. The van der Waals surface area contributed by atoms with Gasteiger partial charge in [0.05, 0.1) is 16.1 Å². The first kappa shape index (κ1) is 20.1. The highest BCUT2D eigenvalue weighted by Crippen LogP contribution is 2.27. The highest BCUT2D eigenvalue weighted by atomic mass is 32.1. The molecular formula is C21H15N5O4S. The number of carbonyl (C=O) groups excluding carboxylic acids is 2. The molecular weight excluding hydrogens is 418 g/mol. The summed E-state index contributed by atoms with van der Waals surface area (Å²) in [6.07, 6.45) is 4.65. The Bertz CT molecular complexity index is 1310. The standard InChI is InChI=1S/C21H15N5O4S/c1-2-9-25-20(28)15(19(27)23-21(25)31)12-16-17-8-3-4-10-24(17)18(22-16)13-6-5-7-14(11-13)26(29)30/h2-8,10-12H,1,9H2,(H,23,27,31)/b15-12+. The molecule has 10 heteroatoms. The maximum atomic E-state index is 12.8. The quantitative estimate of drug-likeness (QED) is 0.165. The van der Waals surface area contributed by atoms with E-state index < -0.39 is 16.7 Å². The maximum absolute atomic E-state index is 12.8. The molecule has 31 heavy (non-hydrogen) atoms. The van der Waals surface area contributed by atoms with E-state index in [0.29, 0.717) is 22.6 Å². The van der Waals surface area contributed by atoms with Crippen molar-refractivity contribution in [2.45, 2.75) is 0 Å². The number of fused-ring (bicyclic) bond motifs is 1. The first-order valence-electron chi connectivity index (χ1n) is 9.12. The Balaban J connectivity index is 1.86. The predicted molar refractivity (Wildman–Crippen MR) is 118 cm³/mol. The van der Waals surface area contributed by atoms with Gasteiger partial charge in [0.15, 0.2) is 5.11 Å². The molecule has 9 nitrogen and oxygen atoms in total. The Kier molecular flexibility index (Phi) is 5.14. The van der Waals surface area contributed by atoms with Crippen LogP contribution in [-0.2, 0) is 9.59 Å². The first-order chi connectivity index (χ1) is 14.9. The normalized spacial score (nSPS) is 15.4. The molecule has 0 aliphatic carbocycles. The molecule has 1 N–H and O–H groups in total. The summed E-state index contributed by atoms with van der Waals surface area (Å²) in [4.78, 5) is 41.8. The molecule has 3 aromatic rings. The fraction of sp³-hybridized carbons (Fsp3) is 0.0476. The summed E-state index contributed by atoms with van der Waals surface area (Å²) >= 11 is 5.07. The number of aromatic nitrogens is 2.